The molecule has 1 saturated heterocycles. The zero-order chi connectivity index (χ0) is 21.0. The first-order valence-corrected chi connectivity index (χ1v) is 9.79. The molecule has 1 heterocycles. The van der Waals surface area contributed by atoms with Crippen molar-refractivity contribution in [2.45, 2.75) is 17.5 Å². The van der Waals surface area contributed by atoms with Crippen molar-refractivity contribution in [1.82, 2.24) is 0 Å². The number of hydrogen-bond donors (Lipinski definition) is 1. The van der Waals surface area contributed by atoms with Gasteiger partial charge >= 0.3 is 6.18 Å². The van der Waals surface area contributed by atoms with Crippen molar-refractivity contribution in [2.75, 3.05) is 29.6 Å². The van der Waals surface area contributed by atoms with Crippen molar-refractivity contribution >= 4 is 35.0 Å². The normalized spacial score (nSPS) is 16.8. The summed E-state index contributed by atoms with van der Waals surface area (Å²) < 4.78 is 42.6. The summed E-state index contributed by atoms with van der Waals surface area (Å²) in [5, 5.41) is 2.67. The van der Waals surface area contributed by atoms with Gasteiger partial charge in [0.25, 0.3) is 0 Å². The molecular formula is C20H19F3N2O3S. The molecule has 1 N–H and O–H groups in total. The van der Waals surface area contributed by atoms with Gasteiger partial charge in [-0.1, -0.05) is 12.1 Å². The maximum atomic E-state index is 12.6. The van der Waals surface area contributed by atoms with Gasteiger partial charge in [0, 0.05) is 23.5 Å². The van der Waals surface area contributed by atoms with E-state index in [2.05, 4.69) is 5.32 Å². The molecule has 9 heteroatoms. The quantitative estimate of drug-likeness (QED) is 0.701. The fourth-order valence-corrected chi connectivity index (χ4v) is 3.75. The lowest BCUT2D eigenvalue weighted by Gasteiger charge is -2.17. The van der Waals surface area contributed by atoms with E-state index in [0.717, 1.165) is 0 Å². The predicted octanol–water partition coefficient (Wildman–Crippen LogP) is 4.34. The smallest absolute Gasteiger partial charge is 0.398 e. The molecule has 154 valence electrons. The van der Waals surface area contributed by atoms with Gasteiger partial charge in [-0.3, -0.25) is 9.59 Å². The number of amides is 2. The molecule has 0 saturated carbocycles. The maximum Gasteiger partial charge on any atom is 0.398 e. The van der Waals surface area contributed by atoms with Gasteiger partial charge in [0.05, 0.1) is 24.5 Å². The van der Waals surface area contributed by atoms with Gasteiger partial charge in [0.2, 0.25) is 11.8 Å². The molecule has 1 fully saturated rings. The number of methoxy groups -OCH3 is 1. The lowest BCUT2D eigenvalue weighted by atomic mass is 10.1. The monoisotopic (exact) mass is 424 g/mol. The van der Waals surface area contributed by atoms with Crippen LogP contribution in [0, 0.1) is 5.92 Å². The number of ether oxygens (including phenoxy) is 1. The Bertz CT molecular complexity index is 887. The Morgan fingerprint density at radius 2 is 1.90 bits per heavy atom. The van der Waals surface area contributed by atoms with Crippen molar-refractivity contribution in [2.24, 2.45) is 5.92 Å². The minimum absolute atomic E-state index is 0.0374. The molecule has 0 bridgehead atoms. The number of thioether (sulfide) groups is 1. The van der Waals surface area contributed by atoms with Crippen LogP contribution in [-0.4, -0.2) is 37.4 Å². The van der Waals surface area contributed by atoms with E-state index in [0.29, 0.717) is 33.8 Å². The zero-order valence-corrected chi connectivity index (χ0v) is 16.3. The first kappa shape index (κ1) is 21.0. The van der Waals surface area contributed by atoms with Gasteiger partial charge in [-0.25, -0.2) is 0 Å². The van der Waals surface area contributed by atoms with Gasteiger partial charge in [-0.2, -0.15) is 13.2 Å². The van der Waals surface area contributed by atoms with Crippen LogP contribution in [0.1, 0.15) is 6.42 Å². The summed E-state index contributed by atoms with van der Waals surface area (Å²) in [5.74, 6) is -1.56. The number of carbonyl (C=O) groups excluding carboxylic acids is 2. The SMILES string of the molecule is COc1ccc(N2CC(C(=O)Nc3ccccc3SCC(F)(F)F)CC2=O)cc1. The highest BCUT2D eigenvalue weighted by molar-refractivity contribution is 7.99. The van der Waals surface area contributed by atoms with Gasteiger partial charge in [-0.15, -0.1) is 11.8 Å². The second kappa shape index (κ2) is 8.77. The fourth-order valence-electron chi connectivity index (χ4n) is 2.99. The number of rotatable bonds is 6. The van der Waals surface area contributed by atoms with Crippen molar-refractivity contribution in [3.63, 3.8) is 0 Å². The number of anilines is 2. The first-order valence-electron chi connectivity index (χ1n) is 8.80. The fraction of sp³-hybridized carbons (Fsp3) is 0.300. The van der Waals surface area contributed by atoms with Crippen LogP contribution in [-0.2, 0) is 9.59 Å². The number of carbonyl (C=O) groups is 2. The Hall–Kier alpha value is -2.68. The van der Waals surface area contributed by atoms with Gasteiger partial charge < -0.3 is 15.0 Å². The van der Waals surface area contributed by atoms with Gasteiger partial charge in [0.15, 0.2) is 0 Å². The van der Waals surface area contributed by atoms with Crippen LogP contribution in [0.15, 0.2) is 53.4 Å². The van der Waals surface area contributed by atoms with Crippen LogP contribution >= 0.6 is 11.8 Å². The van der Waals surface area contributed by atoms with Crippen LogP contribution in [0.4, 0.5) is 24.5 Å². The Labute approximate surface area is 170 Å². The van der Waals surface area contributed by atoms with E-state index in [1.807, 2.05) is 0 Å². The van der Waals surface area contributed by atoms with Crippen LogP contribution in [0.5, 0.6) is 5.75 Å². The largest absolute Gasteiger partial charge is 0.497 e. The summed E-state index contributed by atoms with van der Waals surface area (Å²) in [5.41, 5.74) is 0.967. The predicted molar refractivity (Wildman–Crippen MR) is 105 cm³/mol. The molecule has 2 amide bonds. The van der Waals surface area contributed by atoms with E-state index in [9.17, 15) is 22.8 Å². The van der Waals surface area contributed by atoms with Crippen molar-refractivity contribution < 1.29 is 27.5 Å². The molecule has 2 aromatic rings. The number of nitrogens with zero attached hydrogens (tertiary/aromatic N) is 1. The highest BCUT2D eigenvalue weighted by atomic mass is 32.2. The summed E-state index contributed by atoms with van der Waals surface area (Å²) in [4.78, 5) is 26.9. The van der Waals surface area contributed by atoms with Crippen molar-refractivity contribution in [3.8, 4) is 5.75 Å². The minimum atomic E-state index is -4.31. The van der Waals surface area contributed by atoms with Gasteiger partial charge in [-0.05, 0) is 36.4 Å². The molecule has 3 rings (SSSR count). The first-order chi connectivity index (χ1) is 13.8. The Kier molecular flexibility index (Phi) is 6.36. The molecular weight excluding hydrogens is 405 g/mol. The van der Waals surface area contributed by atoms with Crippen LogP contribution in [0.3, 0.4) is 0 Å². The second-order valence-electron chi connectivity index (χ2n) is 6.49. The summed E-state index contributed by atoms with van der Waals surface area (Å²) in [6.07, 6.45) is -4.27. The third-order valence-electron chi connectivity index (χ3n) is 4.42. The van der Waals surface area contributed by atoms with Gasteiger partial charge in [0.1, 0.15) is 5.75 Å². The zero-order valence-electron chi connectivity index (χ0n) is 15.5. The standard InChI is InChI=1S/C20H19F3N2O3S/c1-28-15-8-6-14(7-9-15)25-11-13(10-18(25)26)19(27)24-16-4-2-3-5-17(16)29-12-20(21,22)23/h2-9,13H,10-12H2,1H3,(H,24,27). The van der Waals surface area contributed by atoms with Crippen LogP contribution in [0.2, 0.25) is 0 Å². The number of benzene rings is 2. The molecule has 29 heavy (non-hydrogen) atoms. The average Bonchev–Trinajstić information content (AvgIpc) is 3.08. The Morgan fingerprint density at radius 3 is 2.55 bits per heavy atom. The van der Waals surface area contributed by atoms with E-state index in [4.69, 9.17) is 4.74 Å². The summed E-state index contributed by atoms with van der Waals surface area (Å²) in [6, 6.07) is 13.2. The lowest BCUT2D eigenvalue weighted by molar-refractivity contribution is -0.122. The highest BCUT2D eigenvalue weighted by Gasteiger charge is 2.35. The number of alkyl halides is 3. The van der Waals surface area contributed by atoms with E-state index in [1.165, 1.54) is 11.0 Å². The minimum Gasteiger partial charge on any atom is -0.497 e. The van der Waals surface area contributed by atoms with E-state index in [-0.39, 0.29) is 18.9 Å². The van der Waals surface area contributed by atoms with Crippen LogP contribution < -0.4 is 15.0 Å². The molecule has 1 unspecified atom stereocenters. The Morgan fingerprint density at radius 1 is 1.21 bits per heavy atom. The number of nitrogens with one attached hydrogen (secondary N) is 1. The highest BCUT2D eigenvalue weighted by Crippen LogP contribution is 2.33. The lowest BCUT2D eigenvalue weighted by Crippen LogP contribution is -2.28. The second-order valence-corrected chi connectivity index (χ2v) is 7.51. The van der Waals surface area contributed by atoms with Crippen molar-refractivity contribution in [3.05, 3.63) is 48.5 Å². The topological polar surface area (TPSA) is 58.6 Å². The number of hydrogen-bond acceptors (Lipinski definition) is 4. The summed E-state index contributed by atoms with van der Waals surface area (Å²) >= 11 is 0.611. The molecule has 1 atom stereocenters. The van der Waals surface area contributed by atoms with E-state index >= 15 is 0 Å². The maximum absolute atomic E-state index is 12.6. The third kappa shape index (κ3) is 5.44. The molecule has 1 aliphatic heterocycles. The molecule has 0 aromatic heterocycles. The van der Waals surface area contributed by atoms with Crippen LogP contribution in [0.25, 0.3) is 0 Å². The summed E-state index contributed by atoms with van der Waals surface area (Å²) in [7, 11) is 1.54. The molecule has 0 aliphatic carbocycles. The van der Waals surface area contributed by atoms with E-state index < -0.39 is 23.8 Å². The Balaban J connectivity index is 1.66. The van der Waals surface area contributed by atoms with E-state index in [1.54, 1.807) is 49.6 Å². The number of halogens is 3. The molecule has 1 aliphatic rings. The number of para-hydroxylation sites is 1. The molecule has 0 radical (unpaired) electrons. The third-order valence-corrected chi connectivity index (χ3v) is 5.55. The summed E-state index contributed by atoms with van der Waals surface area (Å²) in [6.45, 7) is 0.203. The molecule has 2 aromatic carbocycles. The average molecular weight is 424 g/mol. The molecule has 0 spiro atoms. The molecule has 5 nitrogen and oxygen atoms in total. The van der Waals surface area contributed by atoms with Crippen molar-refractivity contribution in [1.29, 1.82) is 0 Å².